The number of rotatable bonds is 3. The lowest BCUT2D eigenvalue weighted by atomic mass is 9.85. The second kappa shape index (κ2) is 5.74. The molecular formula is C19H24N2O4S. The largest absolute Gasteiger partial charge is 0.480 e. The van der Waals surface area contributed by atoms with Crippen molar-refractivity contribution in [2.24, 2.45) is 0 Å². The first-order valence-electron chi connectivity index (χ1n) is 8.54. The molecule has 26 heavy (non-hydrogen) atoms. The van der Waals surface area contributed by atoms with E-state index in [1.54, 1.807) is 6.92 Å². The lowest BCUT2D eigenvalue weighted by Gasteiger charge is -2.51. The smallest absolute Gasteiger partial charge is 0.327 e. The van der Waals surface area contributed by atoms with Gasteiger partial charge in [-0.25, -0.2) is 4.79 Å². The van der Waals surface area contributed by atoms with E-state index in [0.717, 1.165) is 16.7 Å². The molecule has 2 saturated heterocycles. The van der Waals surface area contributed by atoms with Crippen LogP contribution in [0.15, 0.2) is 12.1 Å². The maximum Gasteiger partial charge on any atom is 0.327 e. The number of aryl methyl sites for hydroxylation is 3. The molecule has 3 atom stereocenters. The van der Waals surface area contributed by atoms with Crippen molar-refractivity contribution in [3.05, 3.63) is 34.4 Å². The Morgan fingerprint density at radius 1 is 1.12 bits per heavy atom. The van der Waals surface area contributed by atoms with Crippen molar-refractivity contribution < 1.29 is 19.5 Å². The van der Waals surface area contributed by atoms with Gasteiger partial charge in [-0.2, -0.15) is 0 Å². The normalized spacial score (nSPS) is 29.2. The Kier molecular flexibility index (Phi) is 4.14. The Balaban J connectivity index is 1.88. The van der Waals surface area contributed by atoms with Crippen molar-refractivity contribution >= 4 is 29.5 Å². The van der Waals surface area contributed by atoms with E-state index < -0.39 is 22.3 Å². The molecule has 7 heteroatoms. The number of carboxylic acid groups (broad SMARTS) is 1. The summed E-state index contributed by atoms with van der Waals surface area (Å²) in [4.78, 5) is 38.6. The zero-order valence-electron chi connectivity index (χ0n) is 15.8. The van der Waals surface area contributed by atoms with E-state index in [1.165, 1.54) is 16.7 Å². The number of hydrogen-bond donors (Lipinski definition) is 2. The van der Waals surface area contributed by atoms with Crippen LogP contribution in [0.2, 0.25) is 0 Å². The van der Waals surface area contributed by atoms with Crippen molar-refractivity contribution in [2.45, 2.75) is 63.2 Å². The lowest BCUT2D eigenvalue weighted by molar-refractivity contribution is -0.165. The number of carboxylic acids is 1. The van der Waals surface area contributed by atoms with Gasteiger partial charge < -0.3 is 15.3 Å². The molecule has 0 radical (unpaired) electrons. The molecule has 6 nitrogen and oxygen atoms in total. The van der Waals surface area contributed by atoms with Crippen LogP contribution in [0.5, 0.6) is 0 Å². The molecule has 2 amide bonds. The number of amides is 2. The Bertz CT molecular complexity index is 835. The number of carbonyl (C=O) groups is 3. The molecule has 2 N–H and O–H groups in total. The first-order chi connectivity index (χ1) is 11.9. The van der Waals surface area contributed by atoms with Crippen molar-refractivity contribution in [1.29, 1.82) is 0 Å². The minimum atomic E-state index is -1.10. The van der Waals surface area contributed by atoms with Gasteiger partial charge in [-0.15, -0.1) is 11.8 Å². The summed E-state index contributed by atoms with van der Waals surface area (Å²) in [5.41, 5.74) is 2.40. The van der Waals surface area contributed by atoms with Gasteiger partial charge >= 0.3 is 5.97 Å². The van der Waals surface area contributed by atoms with Crippen LogP contribution in [0.1, 0.15) is 47.8 Å². The summed E-state index contributed by atoms with van der Waals surface area (Å²) in [6, 6.07) is 2.89. The molecule has 0 aromatic heterocycles. The molecule has 0 saturated carbocycles. The van der Waals surface area contributed by atoms with Gasteiger partial charge in [0.05, 0.1) is 0 Å². The van der Waals surface area contributed by atoms with E-state index in [-0.39, 0.29) is 17.2 Å². The second-order valence-electron chi connectivity index (χ2n) is 7.93. The van der Waals surface area contributed by atoms with Crippen LogP contribution in [0, 0.1) is 20.8 Å². The van der Waals surface area contributed by atoms with Crippen LogP contribution in [0.4, 0.5) is 0 Å². The predicted molar refractivity (Wildman–Crippen MR) is 100 cm³/mol. The van der Waals surface area contributed by atoms with Gasteiger partial charge in [0.1, 0.15) is 17.0 Å². The van der Waals surface area contributed by atoms with E-state index in [1.807, 2.05) is 46.8 Å². The van der Waals surface area contributed by atoms with Gasteiger partial charge in [0, 0.05) is 10.3 Å². The summed E-state index contributed by atoms with van der Waals surface area (Å²) < 4.78 is -0.620. The second-order valence-corrected chi connectivity index (χ2v) is 9.67. The third kappa shape index (κ3) is 2.52. The van der Waals surface area contributed by atoms with Gasteiger partial charge in [-0.05, 0) is 64.3 Å². The number of fused-ring (bicyclic) bond motifs is 1. The van der Waals surface area contributed by atoms with Crippen molar-refractivity contribution in [1.82, 2.24) is 10.2 Å². The summed E-state index contributed by atoms with van der Waals surface area (Å²) in [7, 11) is 0. The zero-order chi connectivity index (χ0) is 19.6. The van der Waals surface area contributed by atoms with Gasteiger partial charge in [-0.3, -0.25) is 9.59 Å². The highest BCUT2D eigenvalue weighted by Gasteiger charge is 2.70. The summed E-state index contributed by atoms with van der Waals surface area (Å²) in [6.07, 6.45) is 0. The summed E-state index contributed by atoms with van der Waals surface area (Å²) in [6.45, 7) is 11.1. The number of hydrogen-bond acceptors (Lipinski definition) is 4. The average Bonchev–Trinajstić information content (AvgIpc) is 2.80. The average molecular weight is 376 g/mol. The third-order valence-electron chi connectivity index (χ3n) is 5.47. The fraction of sp³-hybridized carbons (Fsp3) is 0.526. The fourth-order valence-electron chi connectivity index (χ4n) is 3.85. The molecule has 0 bridgehead atoms. The van der Waals surface area contributed by atoms with E-state index in [9.17, 15) is 19.5 Å². The van der Waals surface area contributed by atoms with Gasteiger partial charge in [0.2, 0.25) is 0 Å². The number of nitrogens with zero attached hydrogens (tertiary/aromatic N) is 1. The Morgan fingerprint density at radius 2 is 1.69 bits per heavy atom. The summed E-state index contributed by atoms with van der Waals surface area (Å²) >= 11 is 1.42. The number of nitrogens with one attached hydrogen (secondary N) is 1. The standard InChI is InChI=1S/C19H24N2O4S/c1-9-7-11(3)12(8-10(9)2)14(22)20-19(6)16(25)21-13(15(23)24)18(4,5)26-17(19)21/h7-8,13,17H,1-6H3,(H,20,22)(H,23,24)/t13-,17+,19-/m0/s1. The van der Waals surface area contributed by atoms with E-state index >= 15 is 0 Å². The van der Waals surface area contributed by atoms with Gasteiger partial charge in [-0.1, -0.05) is 6.07 Å². The Hall–Kier alpha value is -2.02. The monoisotopic (exact) mass is 376 g/mol. The van der Waals surface area contributed by atoms with Crippen LogP contribution in [-0.2, 0) is 9.59 Å². The SMILES string of the molecule is Cc1cc(C)c(C(=O)N[C@@]2(C)C(=O)N3[C@@H](C(=O)O)C(C)(C)S[C@@H]32)cc1C. The van der Waals surface area contributed by atoms with E-state index in [4.69, 9.17) is 0 Å². The van der Waals surface area contributed by atoms with Crippen LogP contribution in [0.3, 0.4) is 0 Å². The van der Waals surface area contributed by atoms with Crippen LogP contribution >= 0.6 is 11.8 Å². The predicted octanol–water partition coefficient (Wildman–Crippen LogP) is 2.25. The number of carbonyl (C=O) groups excluding carboxylic acids is 2. The van der Waals surface area contributed by atoms with Crippen molar-refractivity contribution in [3.8, 4) is 0 Å². The van der Waals surface area contributed by atoms with E-state index in [2.05, 4.69) is 5.32 Å². The van der Waals surface area contributed by atoms with Gasteiger partial charge in [0.25, 0.3) is 11.8 Å². The molecule has 2 heterocycles. The molecule has 0 spiro atoms. The molecule has 0 aliphatic carbocycles. The topological polar surface area (TPSA) is 86.7 Å². The van der Waals surface area contributed by atoms with E-state index in [0.29, 0.717) is 5.56 Å². The molecule has 1 aromatic carbocycles. The molecule has 2 aliphatic heterocycles. The minimum absolute atomic E-state index is 0.307. The minimum Gasteiger partial charge on any atom is -0.480 e. The quantitative estimate of drug-likeness (QED) is 0.790. The number of aliphatic carboxylic acids is 1. The molecular weight excluding hydrogens is 352 g/mol. The van der Waals surface area contributed by atoms with Crippen molar-refractivity contribution in [3.63, 3.8) is 0 Å². The molecule has 140 valence electrons. The molecule has 0 unspecified atom stereocenters. The first-order valence-corrected chi connectivity index (χ1v) is 9.42. The molecule has 2 fully saturated rings. The maximum atomic E-state index is 12.8. The molecule has 1 aromatic rings. The lowest BCUT2D eigenvalue weighted by Crippen LogP contribution is -2.78. The highest BCUT2D eigenvalue weighted by molar-refractivity contribution is 8.01. The highest BCUT2D eigenvalue weighted by atomic mass is 32.2. The molecule has 2 aliphatic rings. The van der Waals surface area contributed by atoms with Crippen molar-refractivity contribution in [2.75, 3.05) is 0 Å². The molecule has 3 rings (SSSR count). The number of benzene rings is 1. The number of β-lactam (4-membered cyclic amide) rings is 1. The zero-order valence-corrected chi connectivity index (χ0v) is 16.7. The number of thioether (sulfide) groups is 1. The highest BCUT2D eigenvalue weighted by Crippen LogP contribution is 2.54. The summed E-state index contributed by atoms with van der Waals surface area (Å²) in [5, 5.41) is 12.0. The van der Waals surface area contributed by atoms with Crippen LogP contribution < -0.4 is 5.32 Å². The fourth-order valence-corrected chi connectivity index (χ4v) is 5.49. The van der Waals surface area contributed by atoms with Gasteiger partial charge in [0.15, 0.2) is 0 Å². The Labute approximate surface area is 157 Å². The summed E-state index contributed by atoms with van der Waals surface area (Å²) in [5.74, 6) is -1.67. The Morgan fingerprint density at radius 3 is 2.27 bits per heavy atom. The van der Waals surface area contributed by atoms with Crippen LogP contribution in [0.25, 0.3) is 0 Å². The van der Waals surface area contributed by atoms with Crippen LogP contribution in [-0.4, -0.2) is 49.5 Å². The third-order valence-corrected chi connectivity index (χ3v) is 7.22. The first kappa shape index (κ1) is 18.8. The maximum absolute atomic E-state index is 12.8.